The summed E-state index contributed by atoms with van der Waals surface area (Å²) in [4.78, 5) is 14.2. The molecule has 5 heteroatoms. The largest absolute Gasteiger partial charge is 0.250 e. The molecule has 3 aromatic rings. The Labute approximate surface area is 165 Å². The van der Waals surface area contributed by atoms with Crippen LogP contribution in [-0.4, -0.2) is 27.5 Å². The van der Waals surface area contributed by atoms with E-state index in [0.29, 0.717) is 0 Å². The average molecular weight is 384 g/mol. The molecule has 0 radical (unpaired) electrons. The Hall–Kier alpha value is -1.85. The molecular formula is C21H25N3S2. The minimum absolute atomic E-state index is 0.882. The van der Waals surface area contributed by atoms with Crippen LogP contribution in [0.25, 0.3) is 22.8 Å². The highest BCUT2D eigenvalue weighted by atomic mass is 32.2. The molecular weight excluding hydrogens is 358 g/mol. The molecule has 0 saturated carbocycles. The lowest BCUT2D eigenvalue weighted by Gasteiger charge is -2.07. The number of hydrogen-bond donors (Lipinski definition) is 0. The lowest BCUT2D eigenvalue weighted by molar-refractivity contribution is 1.14. The van der Waals surface area contributed by atoms with Crippen molar-refractivity contribution in [3.8, 4) is 22.8 Å². The Morgan fingerprint density at radius 3 is 1.31 bits per heavy atom. The molecule has 0 spiro atoms. The fourth-order valence-corrected chi connectivity index (χ4v) is 3.33. The Morgan fingerprint density at radius 2 is 0.923 bits per heavy atom. The van der Waals surface area contributed by atoms with Crippen molar-refractivity contribution >= 4 is 23.5 Å². The van der Waals surface area contributed by atoms with Crippen molar-refractivity contribution in [2.24, 2.45) is 0 Å². The Balaban J connectivity index is 0.00000117. The van der Waals surface area contributed by atoms with Gasteiger partial charge in [0.05, 0.1) is 34.2 Å². The molecule has 0 fully saturated rings. The molecule has 3 rings (SSSR count). The van der Waals surface area contributed by atoms with Gasteiger partial charge >= 0.3 is 0 Å². The zero-order valence-electron chi connectivity index (χ0n) is 15.8. The lowest BCUT2D eigenvalue weighted by atomic mass is 10.2. The molecule has 0 bridgehead atoms. The summed E-state index contributed by atoms with van der Waals surface area (Å²) in [6.07, 6.45) is 4.17. The minimum Gasteiger partial charge on any atom is -0.250 e. The van der Waals surface area contributed by atoms with Gasteiger partial charge in [0.1, 0.15) is 0 Å². The van der Waals surface area contributed by atoms with Crippen molar-refractivity contribution < 1.29 is 0 Å². The molecule has 0 amide bonds. The van der Waals surface area contributed by atoms with Crippen LogP contribution in [0.3, 0.4) is 0 Å². The molecule has 0 aliphatic rings. The van der Waals surface area contributed by atoms with Crippen LogP contribution in [0.5, 0.6) is 0 Å². The van der Waals surface area contributed by atoms with Crippen LogP contribution in [0.1, 0.15) is 25.2 Å². The van der Waals surface area contributed by atoms with Gasteiger partial charge in [0.25, 0.3) is 0 Å². The summed E-state index contributed by atoms with van der Waals surface area (Å²) in [6, 6.07) is 18.2. The normalized spacial score (nSPS) is 10.2. The Morgan fingerprint density at radius 1 is 0.577 bits per heavy atom. The highest BCUT2D eigenvalue weighted by Gasteiger charge is 2.07. The van der Waals surface area contributed by atoms with Crippen molar-refractivity contribution in [2.75, 3.05) is 12.5 Å². The fraction of sp³-hybridized carbons (Fsp3) is 0.286. The van der Waals surface area contributed by atoms with E-state index in [-0.39, 0.29) is 0 Å². The average Bonchev–Trinajstić information content (AvgIpc) is 2.71. The highest BCUT2D eigenvalue weighted by molar-refractivity contribution is 7.98. The van der Waals surface area contributed by atoms with Crippen LogP contribution in [0.4, 0.5) is 0 Å². The maximum Gasteiger partial charge on any atom is 0.0894 e. The molecule has 136 valence electrons. The smallest absolute Gasteiger partial charge is 0.0894 e. The third kappa shape index (κ3) is 5.58. The molecule has 0 aliphatic heterocycles. The molecule has 3 aromatic heterocycles. The van der Waals surface area contributed by atoms with Crippen LogP contribution in [0.2, 0.25) is 0 Å². The fourth-order valence-electron chi connectivity index (χ4n) is 2.42. The van der Waals surface area contributed by atoms with Gasteiger partial charge in [-0.25, -0.2) is 4.98 Å². The molecule has 0 atom stereocenters. The molecule has 0 saturated heterocycles. The highest BCUT2D eigenvalue weighted by Crippen LogP contribution is 2.22. The van der Waals surface area contributed by atoms with Crippen molar-refractivity contribution in [2.45, 2.75) is 25.4 Å². The van der Waals surface area contributed by atoms with Gasteiger partial charge in [-0.3, -0.25) is 9.97 Å². The first-order chi connectivity index (χ1) is 12.8. The van der Waals surface area contributed by atoms with Gasteiger partial charge in [-0.15, -0.1) is 0 Å². The van der Waals surface area contributed by atoms with Crippen molar-refractivity contribution in [3.05, 3.63) is 66.0 Å². The van der Waals surface area contributed by atoms with Gasteiger partial charge in [-0.2, -0.15) is 23.5 Å². The van der Waals surface area contributed by atoms with Gasteiger partial charge in [-0.1, -0.05) is 32.0 Å². The second-order valence-corrected chi connectivity index (χ2v) is 7.03. The van der Waals surface area contributed by atoms with Crippen LogP contribution in [0.15, 0.2) is 54.6 Å². The zero-order valence-corrected chi connectivity index (χ0v) is 17.4. The maximum absolute atomic E-state index is 4.78. The molecule has 3 heterocycles. The standard InChI is InChI=1S/C19H19N3S2.C2H6/c1-23-12-14-6-3-8-16(20-14)18-10-5-11-19(22-18)17-9-4-7-15(21-17)13-24-2;1-2/h3-11H,12-13H2,1-2H3;1-2H3. The van der Waals surface area contributed by atoms with Crippen LogP contribution in [0, 0.1) is 0 Å². The first-order valence-corrected chi connectivity index (χ1v) is 11.5. The van der Waals surface area contributed by atoms with E-state index in [1.54, 1.807) is 23.5 Å². The van der Waals surface area contributed by atoms with E-state index in [9.17, 15) is 0 Å². The SMILES string of the molecule is CC.CSCc1cccc(-c2cccc(-c3cccc(CSC)n3)n2)n1. The zero-order chi connectivity index (χ0) is 18.8. The summed E-state index contributed by atoms with van der Waals surface area (Å²) in [5.41, 5.74) is 5.73. The number of pyridine rings is 3. The summed E-state index contributed by atoms with van der Waals surface area (Å²) < 4.78 is 0. The second kappa shape index (κ2) is 11.0. The van der Waals surface area contributed by atoms with Gasteiger partial charge in [0.2, 0.25) is 0 Å². The first kappa shape index (κ1) is 20.5. The third-order valence-electron chi connectivity index (χ3n) is 3.47. The van der Waals surface area contributed by atoms with Gasteiger partial charge in [0, 0.05) is 11.5 Å². The summed E-state index contributed by atoms with van der Waals surface area (Å²) in [7, 11) is 0. The van der Waals surface area contributed by atoms with Crippen LogP contribution >= 0.6 is 23.5 Å². The number of hydrogen-bond acceptors (Lipinski definition) is 5. The predicted octanol–water partition coefficient (Wildman–Crippen LogP) is 5.96. The van der Waals surface area contributed by atoms with E-state index in [2.05, 4.69) is 24.6 Å². The minimum atomic E-state index is 0.882. The van der Waals surface area contributed by atoms with Crippen molar-refractivity contribution in [1.29, 1.82) is 0 Å². The van der Waals surface area contributed by atoms with Crippen LogP contribution in [-0.2, 0) is 11.5 Å². The molecule has 0 N–H and O–H groups in total. The van der Waals surface area contributed by atoms with E-state index in [1.165, 1.54) is 0 Å². The Bertz CT molecular complexity index is 757. The molecule has 0 aromatic carbocycles. The monoisotopic (exact) mass is 383 g/mol. The number of thioether (sulfide) groups is 2. The van der Waals surface area contributed by atoms with E-state index in [0.717, 1.165) is 45.7 Å². The van der Waals surface area contributed by atoms with Gasteiger partial charge in [-0.05, 0) is 48.9 Å². The number of nitrogens with zero attached hydrogens (tertiary/aromatic N) is 3. The predicted molar refractivity (Wildman–Crippen MR) is 116 cm³/mol. The molecule has 0 unspecified atom stereocenters. The summed E-state index contributed by atoms with van der Waals surface area (Å²) in [6.45, 7) is 4.00. The lowest BCUT2D eigenvalue weighted by Crippen LogP contribution is -1.95. The van der Waals surface area contributed by atoms with Gasteiger partial charge in [0.15, 0.2) is 0 Å². The first-order valence-electron chi connectivity index (χ1n) is 8.67. The second-order valence-electron chi connectivity index (χ2n) is 5.30. The quantitative estimate of drug-likeness (QED) is 0.525. The number of aromatic nitrogens is 3. The van der Waals surface area contributed by atoms with E-state index >= 15 is 0 Å². The maximum atomic E-state index is 4.78. The summed E-state index contributed by atoms with van der Waals surface area (Å²) in [5, 5.41) is 0. The summed E-state index contributed by atoms with van der Waals surface area (Å²) in [5.74, 6) is 1.82. The molecule has 0 aliphatic carbocycles. The third-order valence-corrected chi connectivity index (χ3v) is 4.64. The van der Waals surface area contributed by atoms with Gasteiger partial charge < -0.3 is 0 Å². The summed E-state index contributed by atoms with van der Waals surface area (Å²) >= 11 is 3.54. The molecule has 26 heavy (non-hydrogen) atoms. The van der Waals surface area contributed by atoms with E-state index in [1.807, 2.05) is 56.3 Å². The van der Waals surface area contributed by atoms with Crippen LogP contribution < -0.4 is 0 Å². The van der Waals surface area contributed by atoms with E-state index in [4.69, 9.17) is 15.0 Å². The number of rotatable bonds is 6. The Kier molecular flexibility index (Phi) is 8.65. The van der Waals surface area contributed by atoms with Crippen molar-refractivity contribution in [3.63, 3.8) is 0 Å². The molecule has 3 nitrogen and oxygen atoms in total. The van der Waals surface area contributed by atoms with E-state index < -0.39 is 0 Å². The topological polar surface area (TPSA) is 38.7 Å². The van der Waals surface area contributed by atoms with Crippen molar-refractivity contribution in [1.82, 2.24) is 15.0 Å².